The molecular formula is C38H40N2O12. The number of hydrogen-bond donors (Lipinski definition) is 2. The molecule has 14 nitrogen and oxygen atoms in total. The molecule has 0 unspecified atom stereocenters. The molecule has 52 heavy (non-hydrogen) atoms. The second-order valence-corrected chi connectivity index (χ2v) is 12.3. The van der Waals surface area contributed by atoms with E-state index in [1.165, 1.54) is 0 Å². The SMILES string of the molecule is CC(=O)OC[C@H]1O[C@@H](OC(C)=O)[C@H](NC(=O)[C@@H](Cc2ccccc2)NC(=O)OCC2c3ccccc3-c3ccccc32)[C@@H](OC(C)=O)[C@@H]1OC(C)=O. The van der Waals surface area contributed by atoms with Gasteiger partial charge in [-0.05, 0) is 27.8 Å². The third-order valence-corrected chi connectivity index (χ3v) is 8.53. The molecule has 0 aromatic heterocycles. The minimum Gasteiger partial charge on any atom is -0.463 e. The summed E-state index contributed by atoms with van der Waals surface area (Å²) in [6.45, 7) is 3.97. The highest BCUT2D eigenvalue weighted by atomic mass is 16.7. The number of carbonyl (C=O) groups is 6. The number of hydrogen-bond acceptors (Lipinski definition) is 12. The molecular weight excluding hydrogens is 676 g/mol. The Balaban J connectivity index is 1.39. The summed E-state index contributed by atoms with van der Waals surface area (Å²) < 4.78 is 33.1. The molecule has 1 aliphatic carbocycles. The highest BCUT2D eigenvalue weighted by molar-refractivity contribution is 5.86. The van der Waals surface area contributed by atoms with Crippen molar-refractivity contribution in [3.8, 4) is 11.1 Å². The highest BCUT2D eigenvalue weighted by Crippen LogP contribution is 2.44. The van der Waals surface area contributed by atoms with Crippen LogP contribution in [0, 0.1) is 0 Å². The van der Waals surface area contributed by atoms with E-state index < -0.39 is 79.2 Å². The van der Waals surface area contributed by atoms with Crippen LogP contribution >= 0.6 is 0 Å². The van der Waals surface area contributed by atoms with Crippen LogP contribution in [0.5, 0.6) is 0 Å². The van der Waals surface area contributed by atoms with Gasteiger partial charge in [0.05, 0.1) is 0 Å². The molecule has 3 aromatic carbocycles. The molecule has 3 aromatic rings. The van der Waals surface area contributed by atoms with Gasteiger partial charge in [-0.25, -0.2) is 4.79 Å². The van der Waals surface area contributed by atoms with Gasteiger partial charge in [0.2, 0.25) is 12.2 Å². The molecule has 0 bridgehead atoms. The zero-order valence-corrected chi connectivity index (χ0v) is 29.1. The van der Waals surface area contributed by atoms with Crippen molar-refractivity contribution in [3.05, 3.63) is 95.6 Å². The molecule has 2 aliphatic rings. The van der Waals surface area contributed by atoms with Gasteiger partial charge < -0.3 is 39.1 Å². The van der Waals surface area contributed by atoms with Crippen molar-refractivity contribution in [3.63, 3.8) is 0 Å². The Hall–Kier alpha value is -5.76. The van der Waals surface area contributed by atoms with Crippen molar-refractivity contribution >= 4 is 35.9 Å². The summed E-state index contributed by atoms with van der Waals surface area (Å²) in [6.07, 6.45) is -6.65. The lowest BCUT2D eigenvalue weighted by Gasteiger charge is -2.44. The number of nitrogens with one attached hydrogen (secondary N) is 2. The van der Waals surface area contributed by atoms with Crippen molar-refractivity contribution in [1.82, 2.24) is 10.6 Å². The molecule has 1 aliphatic heterocycles. The fourth-order valence-electron chi connectivity index (χ4n) is 6.43. The number of amides is 2. The van der Waals surface area contributed by atoms with E-state index in [4.69, 9.17) is 28.4 Å². The molecule has 1 saturated heterocycles. The highest BCUT2D eigenvalue weighted by Gasteiger charge is 2.52. The number of carbonyl (C=O) groups excluding carboxylic acids is 6. The van der Waals surface area contributed by atoms with Crippen LogP contribution in [0.1, 0.15) is 50.3 Å². The van der Waals surface area contributed by atoms with Crippen LogP contribution < -0.4 is 10.6 Å². The average Bonchev–Trinajstić information content (AvgIpc) is 3.42. The third-order valence-electron chi connectivity index (χ3n) is 8.53. The fourth-order valence-corrected chi connectivity index (χ4v) is 6.43. The molecule has 6 atom stereocenters. The van der Waals surface area contributed by atoms with E-state index in [0.29, 0.717) is 5.56 Å². The second-order valence-electron chi connectivity index (χ2n) is 12.3. The molecule has 2 N–H and O–H groups in total. The monoisotopic (exact) mass is 716 g/mol. The van der Waals surface area contributed by atoms with Crippen LogP contribution in [-0.4, -0.2) is 85.8 Å². The minimum atomic E-state index is -1.61. The Kier molecular flexibility index (Phi) is 12.2. The second kappa shape index (κ2) is 17.0. The van der Waals surface area contributed by atoms with E-state index >= 15 is 0 Å². The first kappa shape index (κ1) is 37.5. The van der Waals surface area contributed by atoms with E-state index in [9.17, 15) is 28.8 Å². The lowest BCUT2D eigenvalue weighted by atomic mass is 9.95. The van der Waals surface area contributed by atoms with Crippen LogP contribution in [0.15, 0.2) is 78.9 Å². The first-order chi connectivity index (χ1) is 24.9. The van der Waals surface area contributed by atoms with Gasteiger partial charge in [-0.15, -0.1) is 0 Å². The molecule has 274 valence electrons. The summed E-state index contributed by atoms with van der Waals surface area (Å²) in [7, 11) is 0. The van der Waals surface area contributed by atoms with E-state index in [-0.39, 0.29) is 18.9 Å². The smallest absolute Gasteiger partial charge is 0.407 e. The first-order valence-electron chi connectivity index (χ1n) is 16.7. The van der Waals surface area contributed by atoms with Crippen LogP contribution in [0.2, 0.25) is 0 Å². The van der Waals surface area contributed by atoms with Gasteiger partial charge >= 0.3 is 30.0 Å². The lowest BCUT2D eigenvalue weighted by Crippen LogP contribution is -2.68. The number of fused-ring (bicyclic) bond motifs is 3. The third kappa shape index (κ3) is 9.31. The van der Waals surface area contributed by atoms with Gasteiger partial charge in [-0.3, -0.25) is 24.0 Å². The van der Waals surface area contributed by atoms with Crippen molar-refractivity contribution < 1.29 is 57.2 Å². The summed E-state index contributed by atoms with van der Waals surface area (Å²) in [5.74, 6) is -4.15. The van der Waals surface area contributed by atoms with E-state index in [2.05, 4.69) is 10.6 Å². The minimum absolute atomic E-state index is 0.00333. The van der Waals surface area contributed by atoms with Crippen LogP contribution in [0.4, 0.5) is 4.79 Å². The number of benzene rings is 3. The van der Waals surface area contributed by atoms with Crippen LogP contribution in [0.25, 0.3) is 11.1 Å². The van der Waals surface area contributed by atoms with Crippen LogP contribution in [0.3, 0.4) is 0 Å². The van der Waals surface area contributed by atoms with Gasteiger partial charge in [-0.2, -0.15) is 0 Å². The average molecular weight is 717 g/mol. The topological polar surface area (TPSA) is 182 Å². The Morgan fingerprint density at radius 3 is 1.79 bits per heavy atom. The Labute approximate surface area is 300 Å². The summed E-state index contributed by atoms with van der Waals surface area (Å²) in [6, 6.07) is 21.9. The Bertz CT molecular complexity index is 1750. The van der Waals surface area contributed by atoms with Crippen molar-refractivity contribution in [2.75, 3.05) is 13.2 Å². The summed E-state index contributed by atoms with van der Waals surface area (Å²) in [4.78, 5) is 75.9. The van der Waals surface area contributed by atoms with Crippen molar-refractivity contribution in [2.24, 2.45) is 0 Å². The van der Waals surface area contributed by atoms with Gasteiger partial charge in [0.25, 0.3) is 0 Å². The molecule has 0 spiro atoms. The van der Waals surface area contributed by atoms with E-state index in [1.54, 1.807) is 30.3 Å². The molecule has 0 saturated carbocycles. The number of esters is 4. The maximum absolute atomic E-state index is 14.1. The summed E-state index contributed by atoms with van der Waals surface area (Å²) >= 11 is 0. The molecule has 1 heterocycles. The standard InChI is InChI=1S/C38H40N2O12/c1-21(41)47-20-32-34(49-22(2)42)35(50-23(3)43)33(37(52-32)51-24(4)44)40-36(45)31(18-25-12-6-5-7-13-25)39-38(46)48-19-30-28-16-10-8-14-26(28)27-15-9-11-17-29(27)30/h5-17,30-35,37H,18-20H2,1-4H3,(H,39,46)(H,40,45)/t31-,32-,33-,34-,35-,37-/m1/s1. The summed E-state index contributed by atoms with van der Waals surface area (Å²) in [5.41, 5.74) is 4.81. The zero-order chi connectivity index (χ0) is 37.4. The van der Waals surface area contributed by atoms with Gasteiger partial charge in [0.15, 0.2) is 12.2 Å². The summed E-state index contributed by atoms with van der Waals surface area (Å²) in [5, 5.41) is 5.33. The number of ether oxygens (including phenoxy) is 6. The zero-order valence-electron chi connectivity index (χ0n) is 29.1. The predicted octanol–water partition coefficient (Wildman–Crippen LogP) is 3.34. The predicted molar refractivity (Wildman–Crippen MR) is 182 cm³/mol. The van der Waals surface area contributed by atoms with Crippen molar-refractivity contribution in [1.29, 1.82) is 0 Å². The van der Waals surface area contributed by atoms with Crippen LogP contribution in [-0.2, 0) is 58.8 Å². The van der Waals surface area contributed by atoms with E-state index in [1.807, 2.05) is 48.5 Å². The number of alkyl carbamates (subject to hydrolysis) is 1. The van der Waals surface area contributed by atoms with Gasteiger partial charge in [0, 0.05) is 40.0 Å². The molecule has 2 amide bonds. The lowest BCUT2D eigenvalue weighted by molar-refractivity contribution is -0.271. The van der Waals surface area contributed by atoms with Gasteiger partial charge in [-0.1, -0.05) is 78.9 Å². The fraction of sp³-hybridized carbons (Fsp3) is 0.368. The Morgan fingerprint density at radius 1 is 0.654 bits per heavy atom. The number of rotatable bonds is 12. The normalized spacial score (nSPS) is 21.0. The van der Waals surface area contributed by atoms with Gasteiger partial charge in [0.1, 0.15) is 31.4 Å². The van der Waals surface area contributed by atoms with E-state index in [0.717, 1.165) is 49.9 Å². The molecule has 0 radical (unpaired) electrons. The molecule has 14 heteroatoms. The molecule has 5 rings (SSSR count). The molecule has 1 fully saturated rings. The maximum atomic E-state index is 14.1. The van der Waals surface area contributed by atoms with Crippen molar-refractivity contribution in [2.45, 2.75) is 76.7 Å². The quantitative estimate of drug-likeness (QED) is 0.206. The Morgan fingerprint density at radius 2 is 1.21 bits per heavy atom. The largest absolute Gasteiger partial charge is 0.463 e. The first-order valence-corrected chi connectivity index (χ1v) is 16.7. The maximum Gasteiger partial charge on any atom is 0.407 e.